The summed E-state index contributed by atoms with van der Waals surface area (Å²) < 4.78 is 10.0. The maximum Gasteiger partial charge on any atom is 0.307 e. The minimum Gasteiger partial charge on any atom is -0.466 e. The molecule has 5 nitrogen and oxygen atoms in total. The van der Waals surface area contributed by atoms with Gasteiger partial charge in [0.15, 0.2) is 0 Å². The van der Waals surface area contributed by atoms with Crippen LogP contribution in [0.3, 0.4) is 0 Å². The third-order valence-corrected chi connectivity index (χ3v) is 2.67. The number of rotatable bonds is 11. The van der Waals surface area contributed by atoms with Gasteiger partial charge >= 0.3 is 11.9 Å². The number of hydrogen-bond acceptors (Lipinski definition) is 5. The maximum absolute atomic E-state index is 11.4. The number of esters is 2. The minimum absolute atomic E-state index is 0.159. The average molecular weight is 273 g/mol. The molecule has 0 aromatic heterocycles. The van der Waals surface area contributed by atoms with Gasteiger partial charge in [0, 0.05) is 12.5 Å². The van der Waals surface area contributed by atoms with Crippen LogP contribution in [0.25, 0.3) is 0 Å². The first-order valence-corrected chi connectivity index (χ1v) is 7.16. The second-order valence-corrected chi connectivity index (χ2v) is 4.65. The monoisotopic (exact) mass is 273 g/mol. The number of hydrogen-bond donors (Lipinski definition) is 1. The Morgan fingerprint density at radius 1 is 1.00 bits per heavy atom. The Morgan fingerprint density at radius 3 is 2.05 bits per heavy atom. The van der Waals surface area contributed by atoms with Crippen LogP contribution >= 0.6 is 0 Å². The van der Waals surface area contributed by atoms with E-state index in [1.807, 2.05) is 13.8 Å². The zero-order valence-corrected chi connectivity index (χ0v) is 12.2. The van der Waals surface area contributed by atoms with Crippen LogP contribution in [0.4, 0.5) is 0 Å². The van der Waals surface area contributed by atoms with Gasteiger partial charge in [-0.3, -0.25) is 9.59 Å². The lowest BCUT2D eigenvalue weighted by atomic mass is 10.1. The molecule has 0 spiro atoms. The molecule has 0 rings (SSSR count). The topological polar surface area (TPSA) is 78.6 Å². The summed E-state index contributed by atoms with van der Waals surface area (Å²) in [4.78, 5) is 22.7. The van der Waals surface area contributed by atoms with Gasteiger partial charge in [-0.1, -0.05) is 26.7 Å². The Morgan fingerprint density at radius 2 is 1.53 bits per heavy atom. The number of nitrogens with two attached hydrogens (primary N) is 1. The second-order valence-electron chi connectivity index (χ2n) is 4.65. The van der Waals surface area contributed by atoms with Gasteiger partial charge in [-0.15, -0.1) is 0 Å². The molecule has 0 aromatic carbocycles. The van der Waals surface area contributed by atoms with Crippen LogP contribution in [-0.2, 0) is 19.1 Å². The third-order valence-electron chi connectivity index (χ3n) is 2.67. The van der Waals surface area contributed by atoms with Crippen molar-refractivity contribution in [2.24, 2.45) is 5.73 Å². The molecule has 1 unspecified atom stereocenters. The van der Waals surface area contributed by atoms with Gasteiger partial charge in [0.05, 0.1) is 19.6 Å². The van der Waals surface area contributed by atoms with Crippen molar-refractivity contribution in [2.75, 3.05) is 13.2 Å². The summed E-state index contributed by atoms with van der Waals surface area (Å²) in [7, 11) is 0. The van der Waals surface area contributed by atoms with Crippen LogP contribution in [0, 0.1) is 0 Å². The fourth-order valence-corrected chi connectivity index (χ4v) is 1.41. The zero-order chi connectivity index (χ0) is 14.5. The van der Waals surface area contributed by atoms with Crippen LogP contribution in [0.1, 0.15) is 58.8 Å². The maximum atomic E-state index is 11.4. The Balaban J connectivity index is 3.59. The van der Waals surface area contributed by atoms with Crippen LogP contribution in [0.2, 0.25) is 0 Å². The molecule has 112 valence electrons. The highest BCUT2D eigenvalue weighted by Crippen LogP contribution is 2.03. The van der Waals surface area contributed by atoms with E-state index in [9.17, 15) is 9.59 Å². The zero-order valence-electron chi connectivity index (χ0n) is 12.2. The molecule has 0 heterocycles. The highest BCUT2D eigenvalue weighted by molar-refractivity contribution is 5.71. The van der Waals surface area contributed by atoms with E-state index < -0.39 is 0 Å². The molecule has 0 amide bonds. The van der Waals surface area contributed by atoms with E-state index in [0.29, 0.717) is 19.6 Å². The van der Waals surface area contributed by atoms with E-state index in [4.69, 9.17) is 15.2 Å². The minimum atomic E-state index is -0.340. The highest BCUT2D eigenvalue weighted by atomic mass is 16.5. The van der Waals surface area contributed by atoms with Crippen LogP contribution in [-0.4, -0.2) is 31.2 Å². The third kappa shape index (κ3) is 11.7. The Bertz CT molecular complexity index is 256. The summed E-state index contributed by atoms with van der Waals surface area (Å²) in [6.45, 7) is 4.97. The number of unbranched alkanes of at least 4 members (excludes halogenated alkanes) is 2. The Kier molecular flexibility index (Phi) is 11.3. The molecular formula is C14H27NO4. The van der Waals surface area contributed by atoms with Gasteiger partial charge in [-0.2, -0.15) is 0 Å². The normalized spacial score (nSPS) is 11.9. The van der Waals surface area contributed by atoms with Gasteiger partial charge < -0.3 is 15.2 Å². The number of carbonyl (C=O) groups is 2. The number of ether oxygens (including phenoxy) is 2. The van der Waals surface area contributed by atoms with Gasteiger partial charge in [-0.05, 0) is 19.3 Å². The van der Waals surface area contributed by atoms with Crippen molar-refractivity contribution >= 4 is 11.9 Å². The summed E-state index contributed by atoms with van der Waals surface area (Å²) in [5, 5.41) is 0. The van der Waals surface area contributed by atoms with Gasteiger partial charge in [-0.25, -0.2) is 0 Å². The fourth-order valence-electron chi connectivity index (χ4n) is 1.41. The van der Waals surface area contributed by atoms with Crippen LogP contribution in [0.5, 0.6) is 0 Å². The van der Waals surface area contributed by atoms with Crippen molar-refractivity contribution in [1.29, 1.82) is 0 Å². The first-order chi connectivity index (χ1) is 9.10. The lowest BCUT2D eigenvalue weighted by Crippen LogP contribution is -2.26. The van der Waals surface area contributed by atoms with Crippen molar-refractivity contribution in [3.63, 3.8) is 0 Å². The SMILES string of the molecule is CCCCOC(=O)CCC(N)CC(=O)OCCCC. The molecule has 0 fully saturated rings. The molecule has 0 aliphatic rings. The largest absolute Gasteiger partial charge is 0.466 e. The molecule has 19 heavy (non-hydrogen) atoms. The van der Waals surface area contributed by atoms with Crippen molar-refractivity contribution in [2.45, 2.75) is 64.8 Å². The molecule has 0 aromatic rings. The van der Waals surface area contributed by atoms with Gasteiger partial charge in [0.25, 0.3) is 0 Å². The lowest BCUT2D eigenvalue weighted by molar-refractivity contribution is -0.146. The molecule has 1 atom stereocenters. The summed E-state index contributed by atoms with van der Waals surface area (Å²) >= 11 is 0. The van der Waals surface area contributed by atoms with Gasteiger partial charge in [0.1, 0.15) is 0 Å². The number of carbonyl (C=O) groups excluding carboxylic acids is 2. The van der Waals surface area contributed by atoms with E-state index in [0.717, 1.165) is 25.7 Å². The van der Waals surface area contributed by atoms with Crippen molar-refractivity contribution in [1.82, 2.24) is 0 Å². The summed E-state index contributed by atoms with van der Waals surface area (Å²) in [5.41, 5.74) is 5.77. The molecule has 5 heteroatoms. The molecule has 0 aliphatic carbocycles. The highest BCUT2D eigenvalue weighted by Gasteiger charge is 2.13. The first kappa shape index (κ1) is 17.9. The molecule has 2 N–H and O–H groups in total. The first-order valence-electron chi connectivity index (χ1n) is 7.16. The van der Waals surface area contributed by atoms with Crippen molar-refractivity contribution < 1.29 is 19.1 Å². The van der Waals surface area contributed by atoms with Gasteiger partial charge in [0.2, 0.25) is 0 Å². The molecular weight excluding hydrogens is 246 g/mol. The summed E-state index contributed by atoms with van der Waals surface area (Å²) in [5.74, 6) is -0.538. The second kappa shape index (κ2) is 12.0. The predicted molar refractivity (Wildman–Crippen MR) is 73.6 cm³/mol. The Hall–Kier alpha value is -1.10. The molecule has 0 radical (unpaired) electrons. The van der Waals surface area contributed by atoms with Crippen molar-refractivity contribution in [3.05, 3.63) is 0 Å². The summed E-state index contributed by atoms with van der Waals surface area (Å²) in [6.07, 6.45) is 4.60. The van der Waals surface area contributed by atoms with E-state index in [-0.39, 0.29) is 30.8 Å². The lowest BCUT2D eigenvalue weighted by Gasteiger charge is -2.11. The molecule has 0 saturated heterocycles. The summed E-state index contributed by atoms with van der Waals surface area (Å²) in [6, 6.07) is -0.340. The fraction of sp³-hybridized carbons (Fsp3) is 0.857. The van der Waals surface area contributed by atoms with Crippen molar-refractivity contribution in [3.8, 4) is 0 Å². The quantitative estimate of drug-likeness (QED) is 0.461. The van der Waals surface area contributed by atoms with E-state index >= 15 is 0 Å². The Labute approximate surface area is 115 Å². The van der Waals surface area contributed by atoms with E-state index in [2.05, 4.69) is 0 Å². The van der Waals surface area contributed by atoms with Crippen LogP contribution in [0.15, 0.2) is 0 Å². The standard InChI is InChI=1S/C14H27NO4/c1-3-5-9-18-13(16)8-7-12(15)11-14(17)19-10-6-4-2/h12H,3-11,15H2,1-2H3. The average Bonchev–Trinajstić information content (AvgIpc) is 2.37. The van der Waals surface area contributed by atoms with E-state index in [1.54, 1.807) is 0 Å². The molecule has 0 saturated carbocycles. The molecule has 0 bridgehead atoms. The smallest absolute Gasteiger partial charge is 0.307 e. The molecule has 0 aliphatic heterocycles. The van der Waals surface area contributed by atoms with E-state index in [1.165, 1.54) is 0 Å². The van der Waals surface area contributed by atoms with Crippen LogP contribution < -0.4 is 5.73 Å². The predicted octanol–water partition coefficient (Wildman–Crippen LogP) is 2.17.